The van der Waals surface area contributed by atoms with Gasteiger partial charge in [-0.2, -0.15) is 0 Å². The van der Waals surface area contributed by atoms with Gasteiger partial charge >= 0.3 is 5.97 Å². The van der Waals surface area contributed by atoms with Crippen molar-refractivity contribution in [3.8, 4) is 0 Å². The van der Waals surface area contributed by atoms with Gasteiger partial charge in [0.25, 0.3) is 0 Å². The average Bonchev–Trinajstić information content (AvgIpc) is 1.59. The van der Waals surface area contributed by atoms with Gasteiger partial charge in [-0.1, -0.05) is 11.7 Å². The number of hydrogen-bond donors (Lipinski definition) is 1. The molecule has 0 rings (SSSR count). The molecular weight excluding hydrogens is 136 g/mol. The second-order valence-corrected chi connectivity index (χ2v) is 5.69. The Morgan fingerprint density at radius 2 is 2.11 bits per heavy atom. The van der Waals surface area contributed by atoms with Crippen molar-refractivity contribution in [2.75, 3.05) is 12.0 Å². The Bertz CT molecular complexity index is 189. The molecule has 0 unspecified atom stereocenters. The van der Waals surface area contributed by atoms with Crippen LogP contribution in [0.2, 0.25) is 0 Å². The molecule has 0 amide bonds. The lowest BCUT2D eigenvalue weighted by atomic mass is 10.5. The van der Waals surface area contributed by atoms with E-state index in [0.717, 1.165) is 0 Å². The second kappa shape index (κ2) is 2.92. The number of hydrogen-bond acceptors (Lipinski definition) is 1. The molecule has 0 aromatic rings. The van der Waals surface area contributed by atoms with Gasteiger partial charge in [-0.15, -0.1) is 0 Å². The summed E-state index contributed by atoms with van der Waals surface area (Å²) in [6.45, 7) is 0. The van der Waals surface area contributed by atoms with E-state index in [4.69, 9.17) is 5.11 Å². The summed E-state index contributed by atoms with van der Waals surface area (Å²) in [6, 6.07) is 0. The van der Waals surface area contributed by atoms with Gasteiger partial charge in [0, 0.05) is 0 Å². The Balaban J connectivity index is 3.67. The summed E-state index contributed by atoms with van der Waals surface area (Å²) < 4.78 is 0. The number of aliphatic carboxylic acids is 1. The van der Waals surface area contributed by atoms with Crippen LogP contribution in [0.1, 0.15) is 6.42 Å². The summed E-state index contributed by atoms with van der Waals surface area (Å²) in [7, 11) is -1.10. The zero-order valence-electron chi connectivity index (χ0n) is 5.59. The quantitative estimate of drug-likeness (QED) is 0.600. The van der Waals surface area contributed by atoms with Gasteiger partial charge < -0.3 is 5.11 Å². The van der Waals surface area contributed by atoms with Gasteiger partial charge in [-0.3, -0.25) is 4.79 Å². The fourth-order valence-electron chi connectivity index (χ4n) is 0.334. The van der Waals surface area contributed by atoms with E-state index in [-0.39, 0.29) is 6.42 Å². The van der Waals surface area contributed by atoms with Gasteiger partial charge in [0.2, 0.25) is 0 Å². The highest BCUT2D eigenvalue weighted by atomic mass is 32.2. The molecule has 0 aliphatic heterocycles. The lowest BCUT2D eigenvalue weighted by molar-refractivity contribution is -0.136. The molecule has 54 valence electrons. The van der Waals surface area contributed by atoms with Gasteiger partial charge in [-0.25, -0.2) is 9.21 Å². The third kappa shape index (κ3) is 7.56. The van der Waals surface area contributed by atoms with Crippen molar-refractivity contribution in [2.24, 2.45) is 0 Å². The van der Waals surface area contributed by atoms with Crippen LogP contribution in [0.4, 0.5) is 0 Å². The molecule has 0 spiro atoms. The second-order valence-electron chi connectivity index (χ2n) is 2.33. The number of carbonyl (C=O) groups is 1. The Morgan fingerprint density at radius 3 is 2.22 bits per heavy atom. The summed E-state index contributed by atoms with van der Waals surface area (Å²) in [5, 5.41) is 8.23. The molecule has 0 saturated heterocycles. The van der Waals surface area contributed by atoms with Crippen LogP contribution in [-0.2, 0) is 4.79 Å². The minimum absolute atomic E-state index is 0.193. The van der Waals surface area contributed by atoms with Crippen LogP contribution in [0.5, 0.6) is 0 Å². The molecule has 9 heavy (non-hydrogen) atoms. The van der Waals surface area contributed by atoms with Crippen molar-refractivity contribution in [3.05, 3.63) is 0 Å². The first-order chi connectivity index (χ1) is 3.92. The molecule has 0 fully saturated rings. The van der Waals surface area contributed by atoms with Crippen LogP contribution >= 0.6 is 9.21 Å². The molecule has 3 heteroatoms. The fourth-order valence-corrected chi connectivity index (χ4v) is 1.00. The molecule has 0 bridgehead atoms. The van der Waals surface area contributed by atoms with Crippen molar-refractivity contribution >= 4 is 26.9 Å². The summed E-state index contributed by atoms with van der Waals surface area (Å²) in [5.41, 5.74) is 0. The zero-order chi connectivity index (χ0) is 7.49. The Labute approximate surface area is 56.0 Å². The Hall–Kier alpha value is -0.440. The van der Waals surface area contributed by atoms with Crippen LogP contribution in [0, 0.1) is 0 Å². The predicted molar refractivity (Wildman–Crippen MR) is 44.9 cm³/mol. The van der Waals surface area contributed by atoms with Crippen LogP contribution in [0.25, 0.3) is 0 Å². The van der Waals surface area contributed by atoms with E-state index < -0.39 is 15.2 Å². The third-order valence-electron chi connectivity index (χ3n) is 0.809. The maximum atomic E-state index is 10.0. The highest BCUT2D eigenvalue weighted by molar-refractivity contribution is 8.27. The van der Waals surface area contributed by atoms with E-state index in [1.54, 1.807) is 0 Å². The van der Waals surface area contributed by atoms with Gasteiger partial charge in [-0.05, 0) is 12.0 Å². The first-order valence-corrected chi connectivity index (χ1v) is 5.10. The van der Waals surface area contributed by atoms with Crippen LogP contribution in [-0.4, -0.2) is 34.8 Å². The fraction of sp³-hybridized carbons (Fsp3) is 0.500. The van der Waals surface area contributed by atoms with Crippen LogP contribution in [0.15, 0.2) is 0 Å². The third-order valence-corrected chi connectivity index (χ3v) is 2.00. The van der Waals surface area contributed by atoms with E-state index >= 15 is 0 Å². The first-order valence-electron chi connectivity index (χ1n) is 2.56. The lowest BCUT2D eigenvalue weighted by Gasteiger charge is -2.02. The van der Waals surface area contributed by atoms with Crippen molar-refractivity contribution in [1.29, 1.82) is 0 Å². The summed E-state index contributed by atoms with van der Waals surface area (Å²) >= 11 is 0. The van der Waals surface area contributed by atoms with E-state index in [2.05, 4.69) is 11.7 Å². The van der Waals surface area contributed by atoms with Gasteiger partial charge in [0.05, 0.1) is 6.42 Å². The first kappa shape index (κ1) is 8.56. The molecule has 0 atom stereocenters. The smallest absolute Gasteiger partial charge is 0.304 e. The highest BCUT2D eigenvalue weighted by Crippen LogP contribution is 2.12. The van der Waals surface area contributed by atoms with Crippen LogP contribution in [0.3, 0.4) is 0 Å². The summed E-state index contributed by atoms with van der Waals surface area (Å²) in [6.07, 6.45) is 2.09. The van der Waals surface area contributed by atoms with E-state index in [0.29, 0.717) is 5.75 Å². The highest BCUT2D eigenvalue weighted by Gasteiger charge is 1.96. The number of carboxylic acid groups (broad SMARTS) is 1. The van der Waals surface area contributed by atoms with Crippen molar-refractivity contribution in [1.82, 2.24) is 0 Å². The monoisotopic (exact) mass is 148 g/mol. The molecule has 0 aliphatic rings. The number of rotatable bonds is 3. The predicted octanol–water partition coefficient (Wildman–Crippen LogP) is 0.760. The molecule has 0 aromatic heterocycles. The van der Waals surface area contributed by atoms with E-state index in [1.165, 1.54) is 0 Å². The average molecular weight is 148 g/mol. The van der Waals surface area contributed by atoms with Gasteiger partial charge in [0.15, 0.2) is 0 Å². The molecule has 0 radical (unpaired) electrons. The minimum Gasteiger partial charge on any atom is -0.481 e. The minimum atomic E-state index is -1.10. The SMILES string of the molecule is C=S(=C)(C)CCC(=O)O. The largest absolute Gasteiger partial charge is 0.481 e. The van der Waals surface area contributed by atoms with E-state index in [1.807, 2.05) is 6.26 Å². The zero-order valence-corrected chi connectivity index (χ0v) is 6.41. The Kier molecular flexibility index (Phi) is 2.77. The molecule has 0 aliphatic carbocycles. The molecule has 2 nitrogen and oxygen atoms in total. The Morgan fingerprint density at radius 1 is 1.67 bits per heavy atom. The van der Waals surface area contributed by atoms with Crippen LogP contribution < -0.4 is 0 Å². The maximum absolute atomic E-state index is 10.0. The lowest BCUT2D eigenvalue weighted by Crippen LogP contribution is -1.97. The number of carboxylic acids is 1. The van der Waals surface area contributed by atoms with Crippen molar-refractivity contribution in [3.63, 3.8) is 0 Å². The topological polar surface area (TPSA) is 37.3 Å². The van der Waals surface area contributed by atoms with E-state index in [9.17, 15) is 4.79 Å². The van der Waals surface area contributed by atoms with Crippen molar-refractivity contribution in [2.45, 2.75) is 6.42 Å². The molecule has 0 aromatic carbocycles. The summed E-state index contributed by atoms with van der Waals surface area (Å²) in [5.74, 6) is 7.35. The van der Waals surface area contributed by atoms with Gasteiger partial charge in [0.1, 0.15) is 0 Å². The maximum Gasteiger partial charge on any atom is 0.304 e. The normalized spacial score (nSPS) is 11.2. The molecule has 0 saturated carbocycles. The molecule has 0 heterocycles. The summed E-state index contributed by atoms with van der Waals surface area (Å²) in [4.78, 5) is 10.0. The van der Waals surface area contributed by atoms with Crippen molar-refractivity contribution < 1.29 is 9.90 Å². The molecular formula is C6H12O2S. The standard InChI is InChI=1S/C6H12O2S/c1-9(2,3)5-4-6(7)8/h1-2,4-5H2,3H3,(H,7,8). The molecule has 1 N–H and O–H groups in total.